The predicted octanol–water partition coefficient (Wildman–Crippen LogP) is 3.66. The Balaban J connectivity index is 1.69. The lowest BCUT2D eigenvalue weighted by molar-refractivity contribution is -0.143. The van der Waals surface area contributed by atoms with E-state index in [1.165, 1.54) is 0 Å². The number of ketones is 1. The number of rotatable bonds is 7. The molecule has 3 aromatic rings. The number of aryl methyl sites for hydroxylation is 1. The molecule has 3 rings (SSSR count). The number of ether oxygens (including phenoxy) is 1. The van der Waals surface area contributed by atoms with E-state index < -0.39 is 24.6 Å². The summed E-state index contributed by atoms with van der Waals surface area (Å²) in [6.45, 7) is 1.38. The second-order valence-corrected chi connectivity index (χ2v) is 6.95. The van der Waals surface area contributed by atoms with Crippen molar-refractivity contribution in [2.75, 3.05) is 6.61 Å². The Morgan fingerprint density at radius 2 is 1.83 bits per heavy atom. The van der Waals surface area contributed by atoms with E-state index in [4.69, 9.17) is 22.1 Å². The first-order valence-corrected chi connectivity index (χ1v) is 9.31. The SMILES string of the molecule is Cc1[nH]c2ccccc2c1C(=O)COC(=O)C[C@@H](NC(N)=O)c1ccccc1Cl. The van der Waals surface area contributed by atoms with Gasteiger partial charge in [-0.15, -0.1) is 0 Å². The third kappa shape index (κ3) is 4.75. The van der Waals surface area contributed by atoms with E-state index >= 15 is 0 Å². The van der Waals surface area contributed by atoms with Crippen molar-refractivity contribution in [1.82, 2.24) is 10.3 Å². The summed E-state index contributed by atoms with van der Waals surface area (Å²) >= 11 is 6.15. The number of Topliss-reactive ketones (excluding diaryl/α,β-unsaturated/α-hetero) is 1. The van der Waals surface area contributed by atoms with Gasteiger partial charge in [-0.05, 0) is 24.6 Å². The molecule has 0 aliphatic heterocycles. The van der Waals surface area contributed by atoms with Crippen molar-refractivity contribution in [1.29, 1.82) is 0 Å². The highest BCUT2D eigenvalue weighted by atomic mass is 35.5. The van der Waals surface area contributed by atoms with E-state index in [-0.39, 0.29) is 12.2 Å². The smallest absolute Gasteiger partial charge is 0.312 e. The predicted molar refractivity (Wildman–Crippen MR) is 110 cm³/mol. The number of hydrogen-bond acceptors (Lipinski definition) is 4. The number of nitrogens with two attached hydrogens (primary N) is 1. The molecule has 29 heavy (non-hydrogen) atoms. The Hall–Kier alpha value is -3.32. The van der Waals surface area contributed by atoms with Gasteiger partial charge in [0, 0.05) is 27.2 Å². The van der Waals surface area contributed by atoms with Crippen LogP contribution in [0.4, 0.5) is 4.79 Å². The Labute approximate surface area is 172 Å². The van der Waals surface area contributed by atoms with E-state index in [2.05, 4.69) is 10.3 Å². The number of fused-ring (bicyclic) bond motifs is 1. The summed E-state index contributed by atoms with van der Waals surface area (Å²) in [5, 5.41) is 3.63. The van der Waals surface area contributed by atoms with E-state index in [0.717, 1.165) is 10.9 Å². The first-order valence-electron chi connectivity index (χ1n) is 8.93. The van der Waals surface area contributed by atoms with Gasteiger partial charge < -0.3 is 20.8 Å². The average molecular weight is 414 g/mol. The van der Waals surface area contributed by atoms with Gasteiger partial charge in [0.25, 0.3) is 0 Å². The molecule has 0 saturated carbocycles. The number of urea groups is 1. The molecule has 0 aliphatic rings. The highest BCUT2D eigenvalue weighted by Gasteiger charge is 2.22. The summed E-state index contributed by atoms with van der Waals surface area (Å²) in [6.07, 6.45) is -0.215. The number of para-hydroxylation sites is 1. The number of carbonyl (C=O) groups is 3. The number of hydrogen-bond donors (Lipinski definition) is 3. The van der Waals surface area contributed by atoms with Crippen molar-refractivity contribution in [2.45, 2.75) is 19.4 Å². The van der Waals surface area contributed by atoms with Crippen LogP contribution >= 0.6 is 11.6 Å². The van der Waals surface area contributed by atoms with Gasteiger partial charge >= 0.3 is 12.0 Å². The van der Waals surface area contributed by atoms with Crippen LogP contribution < -0.4 is 11.1 Å². The van der Waals surface area contributed by atoms with Gasteiger partial charge in [-0.2, -0.15) is 0 Å². The summed E-state index contributed by atoms with van der Waals surface area (Å²) in [7, 11) is 0. The van der Waals surface area contributed by atoms with Gasteiger partial charge in [-0.1, -0.05) is 48.0 Å². The van der Waals surface area contributed by atoms with Gasteiger partial charge in [0.2, 0.25) is 5.78 Å². The second kappa shape index (κ2) is 8.79. The minimum Gasteiger partial charge on any atom is -0.457 e. The summed E-state index contributed by atoms with van der Waals surface area (Å²) < 4.78 is 5.17. The first-order chi connectivity index (χ1) is 13.9. The normalized spacial score (nSPS) is 11.8. The minimum atomic E-state index is -0.798. The van der Waals surface area contributed by atoms with Crippen LogP contribution in [0.3, 0.4) is 0 Å². The molecular formula is C21H20ClN3O4. The number of H-pyrrole nitrogens is 1. The Bertz CT molecular complexity index is 1080. The quantitative estimate of drug-likeness (QED) is 0.405. The maximum atomic E-state index is 12.6. The van der Waals surface area contributed by atoms with Gasteiger partial charge in [0.15, 0.2) is 6.61 Å². The highest BCUT2D eigenvalue weighted by Crippen LogP contribution is 2.26. The van der Waals surface area contributed by atoms with Crippen molar-refractivity contribution in [3.05, 3.63) is 70.4 Å². The minimum absolute atomic E-state index is 0.215. The van der Waals surface area contributed by atoms with Crippen molar-refractivity contribution in [3.8, 4) is 0 Å². The number of carbonyl (C=O) groups excluding carboxylic acids is 3. The number of aromatic amines is 1. The topological polar surface area (TPSA) is 114 Å². The van der Waals surface area contributed by atoms with Crippen LogP contribution in [0, 0.1) is 6.92 Å². The fraction of sp³-hybridized carbons (Fsp3) is 0.190. The highest BCUT2D eigenvalue weighted by molar-refractivity contribution is 6.31. The van der Waals surface area contributed by atoms with Crippen LogP contribution in [0.15, 0.2) is 48.5 Å². The zero-order valence-electron chi connectivity index (χ0n) is 15.7. The molecular weight excluding hydrogens is 394 g/mol. The van der Waals surface area contributed by atoms with Gasteiger partial charge in [-0.3, -0.25) is 9.59 Å². The van der Waals surface area contributed by atoms with Crippen molar-refractivity contribution in [2.24, 2.45) is 5.73 Å². The van der Waals surface area contributed by atoms with Gasteiger partial charge in [-0.25, -0.2) is 4.79 Å². The molecule has 4 N–H and O–H groups in total. The maximum absolute atomic E-state index is 12.6. The summed E-state index contributed by atoms with van der Waals surface area (Å²) in [5.41, 5.74) is 7.77. The molecule has 0 fully saturated rings. The van der Waals surface area contributed by atoms with Crippen molar-refractivity contribution in [3.63, 3.8) is 0 Å². The number of amides is 2. The van der Waals surface area contributed by atoms with Crippen molar-refractivity contribution >= 4 is 40.3 Å². The third-order valence-electron chi connectivity index (χ3n) is 4.50. The van der Waals surface area contributed by atoms with Gasteiger partial charge in [0.05, 0.1) is 12.5 Å². The van der Waals surface area contributed by atoms with E-state index in [9.17, 15) is 14.4 Å². The average Bonchev–Trinajstić information content (AvgIpc) is 3.01. The molecule has 8 heteroatoms. The standard InChI is InChI=1S/C21H20ClN3O4/c1-12-20(14-7-3-5-9-16(14)24-12)18(26)11-29-19(27)10-17(25-21(23)28)13-6-2-4-8-15(13)22/h2-9,17,24H,10-11H2,1H3,(H3,23,25,28)/t17-/m1/s1. The number of nitrogens with one attached hydrogen (secondary N) is 2. The summed E-state index contributed by atoms with van der Waals surface area (Å²) in [6, 6.07) is 12.6. The van der Waals surface area contributed by atoms with Crippen LogP contribution in [0.5, 0.6) is 0 Å². The number of halogens is 1. The molecule has 2 amide bonds. The monoisotopic (exact) mass is 413 g/mol. The van der Waals surface area contributed by atoms with Crippen LogP contribution in [0.25, 0.3) is 10.9 Å². The molecule has 0 spiro atoms. The molecule has 1 heterocycles. The maximum Gasteiger partial charge on any atom is 0.312 e. The third-order valence-corrected chi connectivity index (χ3v) is 4.85. The lowest BCUT2D eigenvalue weighted by Crippen LogP contribution is -2.35. The molecule has 0 unspecified atom stereocenters. The van der Waals surface area contributed by atoms with E-state index in [1.54, 1.807) is 31.2 Å². The lowest BCUT2D eigenvalue weighted by Gasteiger charge is -2.18. The van der Waals surface area contributed by atoms with Gasteiger partial charge in [0.1, 0.15) is 0 Å². The molecule has 150 valence electrons. The summed E-state index contributed by atoms with van der Waals surface area (Å²) in [5.74, 6) is -0.972. The number of benzene rings is 2. The second-order valence-electron chi connectivity index (χ2n) is 6.54. The van der Waals surface area contributed by atoms with E-state index in [1.807, 2.05) is 24.3 Å². The Morgan fingerprint density at radius 1 is 1.14 bits per heavy atom. The zero-order chi connectivity index (χ0) is 21.0. The lowest BCUT2D eigenvalue weighted by atomic mass is 10.0. The number of primary amides is 1. The van der Waals surface area contributed by atoms with Crippen molar-refractivity contribution < 1.29 is 19.1 Å². The largest absolute Gasteiger partial charge is 0.457 e. The molecule has 1 atom stereocenters. The molecule has 2 aromatic carbocycles. The molecule has 0 aliphatic carbocycles. The zero-order valence-corrected chi connectivity index (χ0v) is 16.5. The molecule has 0 radical (unpaired) electrons. The Kier molecular flexibility index (Phi) is 6.19. The number of aromatic nitrogens is 1. The number of esters is 1. The summed E-state index contributed by atoms with van der Waals surface area (Å²) in [4.78, 5) is 39.4. The van der Waals surface area contributed by atoms with Crippen LogP contribution in [0.2, 0.25) is 5.02 Å². The van der Waals surface area contributed by atoms with Crippen LogP contribution in [0.1, 0.15) is 34.1 Å². The fourth-order valence-corrected chi connectivity index (χ4v) is 3.52. The van der Waals surface area contributed by atoms with Crippen LogP contribution in [-0.4, -0.2) is 29.4 Å². The van der Waals surface area contributed by atoms with E-state index in [0.29, 0.717) is 21.8 Å². The first kappa shape index (κ1) is 20.4. The molecule has 1 aromatic heterocycles. The Morgan fingerprint density at radius 3 is 2.55 bits per heavy atom. The van der Waals surface area contributed by atoms with Crippen LogP contribution in [-0.2, 0) is 9.53 Å². The molecule has 0 saturated heterocycles. The molecule has 7 nitrogen and oxygen atoms in total. The fourth-order valence-electron chi connectivity index (χ4n) is 3.25. The molecule has 0 bridgehead atoms.